The van der Waals surface area contributed by atoms with E-state index in [9.17, 15) is 18.0 Å². The number of hydrogen-bond acceptors (Lipinski definition) is 4. The predicted molar refractivity (Wildman–Crippen MR) is 147 cm³/mol. The summed E-state index contributed by atoms with van der Waals surface area (Å²) in [4.78, 5) is 28.5. The normalized spacial score (nSPS) is 12.0. The summed E-state index contributed by atoms with van der Waals surface area (Å²) in [6.45, 7) is 7.70. The summed E-state index contributed by atoms with van der Waals surface area (Å²) in [5.74, 6) is -0.721. The van der Waals surface area contributed by atoms with E-state index >= 15 is 0 Å². The first-order chi connectivity index (χ1) is 17.7. The van der Waals surface area contributed by atoms with E-state index in [0.29, 0.717) is 18.7 Å². The number of anilines is 1. The van der Waals surface area contributed by atoms with Gasteiger partial charge in [0.15, 0.2) is 0 Å². The van der Waals surface area contributed by atoms with Gasteiger partial charge in [-0.05, 0) is 62.6 Å². The summed E-state index contributed by atoms with van der Waals surface area (Å²) >= 11 is 0. The fourth-order valence-electron chi connectivity index (χ4n) is 4.14. The van der Waals surface area contributed by atoms with E-state index in [0.717, 1.165) is 21.0 Å². The van der Waals surface area contributed by atoms with Crippen LogP contribution in [-0.2, 0) is 26.2 Å². The van der Waals surface area contributed by atoms with Crippen molar-refractivity contribution in [2.24, 2.45) is 0 Å². The van der Waals surface area contributed by atoms with E-state index < -0.39 is 28.5 Å². The van der Waals surface area contributed by atoms with Gasteiger partial charge in [-0.2, -0.15) is 0 Å². The van der Waals surface area contributed by atoms with Crippen LogP contribution in [0.25, 0.3) is 0 Å². The predicted octanol–water partition coefficient (Wildman–Crippen LogP) is 4.44. The molecule has 8 heteroatoms. The first kappa shape index (κ1) is 27.9. The smallest absolute Gasteiger partial charge is 0.264 e. The monoisotopic (exact) mass is 521 g/mol. The molecule has 0 bridgehead atoms. The molecule has 0 saturated carbocycles. The highest BCUT2D eigenvalue weighted by atomic mass is 32.2. The lowest BCUT2D eigenvalue weighted by atomic mass is 10.1. The van der Waals surface area contributed by atoms with Gasteiger partial charge in [-0.1, -0.05) is 67.1 Å². The second kappa shape index (κ2) is 12.5. The number of carbonyl (C=O) groups excluding carboxylic acids is 2. The Labute approximate surface area is 220 Å². The molecule has 0 aliphatic rings. The second-order valence-corrected chi connectivity index (χ2v) is 10.8. The van der Waals surface area contributed by atoms with E-state index in [1.54, 1.807) is 30.3 Å². The standard InChI is InChI=1S/C29H35N3O4S/c1-5-27(29(34)30-6-2)31(20-24-13-11-10-12-23(24)4)28(33)21-32(25-18-16-22(3)17-19-25)37(35,36)26-14-8-7-9-15-26/h7-19,27H,5-6,20-21H2,1-4H3,(H,30,34)/t27-/m0/s1. The molecule has 0 saturated heterocycles. The summed E-state index contributed by atoms with van der Waals surface area (Å²) < 4.78 is 28.6. The Kier molecular flexibility index (Phi) is 9.47. The molecule has 0 aromatic heterocycles. The molecule has 0 spiro atoms. The number of nitrogens with one attached hydrogen (secondary N) is 1. The van der Waals surface area contributed by atoms with Crippen LogP contribution in [0.3, 0.4) is 0 Å². The Balaban J connectivity index is 2.05. The van der Waals surface area contributed by atoms with Crippen molar-refractivity contribution in [1.29, 1.82) is 0 Å². The number of amides is 2. The van der Waals surface area contributed by atoms with Gasteiger partial charge in [0, 0.05) is 13.1 Å². The van der Waals surface area contributed by atoms with Crippen LogP contribution in [0.15, 0.2) is 83.8 Å². The first-order valence-corrected chi connectivity index (χ1v) is 13.9. The minimum absolute atomic E-state index is 0.0876. The number of benzene rings is 3. The SMILES string of the molecule is CCNC(=O)[C@H](CC)N(Cc1ccccc1C)C(=O)CN(c1ccc(C)cc1)S(=O)(=O)c1ccccc1. The van der Waals surface area contributed by atoms with Gasteiger partial charge in [0.2, 0.25) is 11.8 Å². The third-order valence-corrected chi connectivity index (χ3v) is 8.06. The summed E-state index contributed by atoms with van der Waals surface area (Å²) in [6, 6.07) is 22.0. The van der Waals surface area contributed by atoms with Crippen LogP contribution < -0.4 is 9.62 Å². The summed E-state index contributed by atoms with van der Waals surface area (Å²) in [5, 5.41) is 2.81. The highest BCUT2D eigenvalue weighted by Gasteiger charge is 2.33. The molecule has 0 radical (unpaired) electrons. The molecular formula is C29H35N3O4S. The van der Waals surface area contributed by atoms with E-state index in [2.05, 4.69) is 5.32 Å². The fourth-order valence-corrected chi connectivity index (χ4v) is 5.58. The molecule has 0 aliphatic carbocycles. The van der Waals surface area contributed by atoms with E-state index in [4.69, 9.17) is 0 Å². The Morgan fingerprint density at radius 2 is 1.49 bits per heavy atom. The van der Waals surface area contributed by atoms with Crippen molar-refractivity contribution in [2.45, 2.75) is 51.6 Å². The van der Waals surface area contributed by atoms with Crippen LogP contribution in [0, 0.1) is 13.8 Å². The number of likely N-dealkylation sites (N-methyl/N-ethyl adjacent to an activating group) is 1. The lowest BCUT2D eigenvalue weighted by molar-refractivity contribution is -0.140. The zero-order valence-corrected chi connectivity index (χ0v) is 22.7. The number of nitrogens with zero attached hydrogens (tertiary/aromatic N) is 2. The van der Waals surface area contributed by atoms with Crippen molar-refractivity contribution in [3.05, 3.63) is 95.6 Å². The van der Waals surface area contributed by atoms with Crippen molar-refractivity contribution in [2.75, 3.05) is 17.4 Å². The number of carbonyl (C=O) groups is 2. The largest absolute Gasteiger partial charge is 0.355 e. The lowest BCUT2D eigenvalue weighted by Crippen LogP contribution is -2.52. The van der Waals surface area contributed by atoms with Crippen molar-refractivity contribution in [3.63, 3.8) is 0 Å². The molecule has 3 aromatic rings. The maximum Gasteiger partial charge on any atom is 0.264 e. The summed E-state index contributed by atoms with van der Waals surface area (Å²) in [7, 11) is -4.05. The van der Waals surface area contributed by atoms with Gasteiger partial charge in [0.05, 0.1) is 10.6 Å². The maximum absolute atomic E-state index is 13.9. The highest BCUT2D eigenvalue weighted by Crippen LogP contribution is 2.25. The molecule has 3 rings (SSSR count). The van der Waals surface area contributed by atoms with Gasteiger partial charge in [-0.15, -0.1) is 0 Å². The molecule has 1 atom stereocenters. The number of rotatable bonds is 11. The van der Waals surface area contributed by atoms with Crippen molar-refractivity contribution in [1.82, 2.24) is 10.2 Å². The molecule has 7 nitrogen and oxygen atoms in total. The minimum atomic E-state index is -4.05. The molecule has 0 unspecified atom stereocenters. The van der Waals surface area contributed by atoms with E-state index in [1.165, 1.54) is 17.0 Å². The van der Waals surface area contributed by atoms with Crippen LogP contribution in [0.2, 0.25) is 0 Å². The lowest BCUT2D eigenvalue weighted by Gasteiger charge is -2.33. The molecule has 0 aliphatic heterocycles. The van der Waals surface area contributed by atoms with Crippen LogP contribution >= 0.6 is 0 Å². The van der Waals surface area contributed by atoms with Crippen molar-refractivity contribution >= 4 is 27.5 Å². The van der Waals surface area contributed by atoms with Gasteiger partial charge in [-0.25, -0.2) is 8.42 Å². The average Bonchev–Trinajstić information content (AvgIpc) is 2.89. The second-order valence-electron chi connectivity index (χ2n) is 8.93. The Hall–Kier alpha value is -3.65. The van der Waals surface area contributed by atoms with Gasteiger partial charge in [0.25, 0.3) is 10.0 Å². The van der Waals surface area contributed by atoms with Gasteiger partial charge >= 0.3 is 0 Å². The zero-order chi connectivity index (χ0) is 27.0. The van der Waals surface area contributed by atoms with Crippen molar-refractivity contribution < 1.29 is 18.0 Å². The molecule has 196 valence electrons. The number of hydrogen-bond donors (Lipinski definition) is 1. The van der Waals surface area contributed by atoms with Crippen LogP contribution in [0.4, 0.5) is 5.69 Å². The van der Waals surface area contributed by atoms with E-state index in [1.807, 2.05) is 64.1 Å². The van der Waals surface area contributed by atoms with Gasteiger partial charge < -0.3 is 10.2 Å². The molecular weight excluding hydrogens is 486 g/mol. The minimum Gasteiger partial charge on any atom is -0.355 e. The zero-order valence-electron chi connectivity index (χ0n) is 21.8. The Bertz CT molecular complexity index is 1310. The van der Waals surface area contributed by atoms with E-state index in [-0.39, 0.29) is 17.3 Å². The van der Waals surface area contributed by atoms with Crippen LogP contribution in [-0.4, -0.2) is 44.3 Å². The first-order valence-electron chi connectivity index (χ1n) is 12.4. The molecule has 1 N–H and O–H groups in total. The molecule has 3 aromatic carbocycles. The number of aryl methyl sites for hydroxylation is 2. The quantitative estimate of drug-likeness (QED) is 0.404. The van der Waals surface area contributed by atoms with Gasteiger partial charge in [-0.3, -0.25) is 13.9 Å². The van der Waals surface area contributed by atoms with Crippen molar-refractivity contribution in [3.8, 4) is 0 Å². The molecule has 2 amide bonds. The molecule has 0 fully saturated rings. The summed E-state index contributed by atoms with van der Waals surface area (Å²) in [6.07, 6.45) is 0.388. The summed E-state index contributed by atoms with van der Waals surface area (Å²) in [5.41, 5.74) is 3.23. The highest BCUT2D eigenvalue weighted by molar-refractivity contribution is 7.92. The van der Waals surface area contributed by atoms with Gasteiger partial charge in [0.1, 0.15) is 12.6 Å². The van der Waals surface area contributed by atoms with Crippen LogP contribution in [0.1, 0.15) is 37.0 Å². The Morgan fingerprint density at radius 3 is 2.08 bits per heavy atom. The maximum atomic E-state index is 13.9. The third kappa shape index (κ3) is 6.77. The number of sulfonamides is 1. The fraction of sp³-hybridized carbons (Fsp3) is 0.310. The average molecular weight is 522 g/mol. The molecule has 37 heavy (non-hydrogen) atoms. The third-order valence-electron chi connectivity index (χ3n) is 6.27. The van der Waals surface area contributed by atoms with Crippen LogP contribution in [0.5, 0.6) is 0 Å². The molecule has 0 heterocycles. The topological polar surface area (TPSA) is 86.8 Å². The Morgan fingerprint density at radius 1 is 0.865 bits per heavy atom.